The van der Waals surface area contributed by atoms with Crippen molar-refractivity contribution < 1.29 is 24.0 Å². The molecule has 7 nitrogen and oxygen atoms in total. The van der Waals surface area contributed by atoms with Crippen molar-refractivity contribution in [2.24, 2.45) is 0 Å². The van der Waals surface area contributed by atoms with E-state index < -0.39 is 28.1 Å². The molecule has 1 heterocycles. The van der Waals surface area contributed by atoms with Gasteiger partial charge in [-0.2, -0.15) is 0 Å². The molecule has 0 saturated carbocycles. The summed E-state index contributed by atoms with van der Waals surface area (Å²) in [5, 5.41) is 10.9. The Hall–Kier alpha value is -2.44. The fourth-order valence-corrected chi connectivity index (χ4v) is 2.44. The van der Waals surface area contributed by atoms with E-state index in [0.717, 1.165) is 0 Å². The zero-order chi connectivity index (χ0) is 14.0. The number of fused-ring (bicyclic) bond motifs is 3. The van der Waals surface area contributed by atoms with Crippen LogP contribution in [0.25, 0.3) is 0 Å². The highest BCUT2D eigenvalue weighted by molar-refractivity contribution is 6.19. The van der Waals surface area contributed by atoms with Gasteiger partial charge in [0.05, 0.1) is 10.5 Å². The number of ether oxygens (including phenoxy) is 2. The number of nitro benzene ring substituents is 1. The summed E-state index contributed by atoms with van der Waals surface area (Å²) in [6, 6.07) is 4.16. The molecule has 0 atom stereocenters. The second-order valence-electron chi connectivity index (χ2n) is 4.89. The van der Waals surface area contributed by atoms with Crippen molar-refractivity contribution in [2.75, 3.05) is 0 Å². The third-order valence-electron chi connectivity index (χ3n) is 3.25. The fraction of sp³-hybridized carbons (Fsp3) is 0.333. The van der Waals surface area contributed by atoms with Crippen molar-refractivity contribution in [1.29, 1.82) is 0 Å². The molecule has 0 aromatic heterocycles. The van der Waals surface area contributed by atoms with E-state index in [1.54, 1.807) is 0 Å². The molecule has 7 heteroatoms. The van der Waals surface area contributed by atoms with Gasteiger partial charge in [-0.05, 0) is 5.56 Å². The minimum atomic E-state index is -1.73. The molecule has 3 rings (SSSR count). The quantitative estimate of drug-likeness (QED) is 0.325. The van der Waals surface area contributed by atoms with Crippen LogP contribution in [0, 0.1) is 10.1 Å². The predicted molar refractivity (Wildman–Crippen MR) is 60.1 cm³/mol. The predicted octanol–water partition coefficient (Wildman–Crippen LogP) is 1.03. The minimum Gasteiger partial charge on any atom is -0.422 e. The zero-order valence-corrected chi connectivity index (χ0v) is 10.1. The first-order chi connectivity index (χ1) is 8.80. The first-order valence-electron chi connectivity index (χ1n) is 5.56. The highest BCUT2D eigenvalue weighted by atomic mass is 16.7. The van der Waals surface area contributed by atoms with Crippen molar-refractivity contribution >= 4 is 17.6 Å². The number of carbonyl (C=O) groups is 2. The van der Waals surface area contributed by atoms with E-state index in [1.807, 2.05) is 0 Å². The van der Waals surface area contributed by atoms with Crippen molar-refractivity contribution in [3.8, 4) is 0 Å². The standard InChI is InChI=1S/C12H9NO6/c1-11(2)18-9(14)12(10(15)19-11)6-4-3-5-7(8(6)12)13(16)17/h3-5H,1-2H3. The first kappa shape index (κ1) is 11.6. The number of benzene rings is 1. The molecule has 2 aliphatic rings. The molecule has 19 heavy (non-hydrogen) atoms. The van der Waals surface area contributed by atoms with Gasteiger partial charge in [0.1, 0.15) is 0 Å². The molecule has 1 spiro atoms. The second-order valence-corrected chi connectivity index (χ2v) is 4.89. The number of nitrogens with zero attached hydrogens (tertiary/aromatic N) is 1. The number of rotatable bonds is 1. The highest BCUT2D eigenvalue weighted by Crippen LogP contribution is 2.58. The first-order valence-corrected chi connectivity index (χ1v) is 5.56. The van der Waals surface area contributed by atoms with E-state index in [1.165, 1.54) is 32.0 Å². The summed E-state index contributed by atoms with van der Waals surface area (Å²) in [4.78, 5) is 34.5. The van der Waals surface area contributed by atoms with Crippen LogP contribution in [0.4, 0.5) is 5.69 Å². The normalized spacial score (nSPS) is 21.4. The average Bonchev–Trinajstić information content (AvgIpc) is 2.95. The van der Waals surface area contributed by atoms with Crippen LogP contribution in [-0.4, -0.2) is 22.6 Å². The number of carbonyl (C=O) groups excluding carboxylic acids is 2. The molecule has 1 fully saturated rings. The lowest BCUT2D eigenvalue weighted by Gasteiger charge is -2.33. The van der Waals surface area contributed by atoms with E-state index >= 15 is 0 Å². The number of hydrogen-bond donors (Lipinski definition) is 0. The number of hydrogen-bond acceptors (Lipinski definition) is 6. The Balaban J connectivity index is 2.13. The van der Waals surface area contributed by atoms with Crippen LogP contribution < -0.4 is 0 Å². The zero-order valence-electron chi connectivity index (χ0n) is 10.1. The molecule has 1 saturated heterocycles. The van der Waals surface area contributed by atoms with Crippen molar-refractivity contribution in [3.05, 3.63) is 39.4 Å². The van der Waals surface area contributed by atoms with Gasteiger partial charge in [0.2, 0.25) is 5.41 Å². The fourth-order valence-electron chi connectivity index (χ4n) is 2.44. The lowest BCUT2D eigenvalue weighted by molar-refractivity contribution is -0.385. The van der Waals surface area contributed by atoms with Gasteiger partial charge < -0.3 is 9.47 Å². The Kier molecular flexibility index (Phi) is 1.91. The van der Waals surface area contributed by atoms with Crippen molar-refractivity contribution in [3.63, 3.8) is 0 Å². The number of nitro groups is 1. The summed E-state index contributed by atoms with van der Waals surface area (Å²) in [5.74, 6) is -3.00. The van der Waals surface area contributed by atoms with Gasteiger partial charge in [0, 0.05) is 19.9 Å². The van der Waals surface area contributed by atoms with E-state index in [-0.39, 0.29) is 16.8 Å². The number of esters is 2. The van der Waals surface area contributed by atoms with E-state index in [0.29, 0.717) is 0 Å². The topological polar surface area (TPSA) is 95.7 Å². The summed E-state index contributed by atoms with van der Waals surface area (Å²) < 4.78 is 10.1. The molecule has 0 bridgehead atoms. The van der Waals surface area contributed by atoms with Gasteiger partial charge in [-0.3, -0.25) is 10.1 Å². The molecule has 1 aliphatic carbocycles. The molecule has 1 aromatic rings. The average molecular weight is 263 g/mol. The maximum absolute atomic E-state index is 12.1. The van der Waals surface area contributed by atoms with E-state index in [9.17, 15) is 19.7 Å². The summed E-state index contributed by atoms with van der Waals surface area (Å²) in [6.07, 6.45) is 0. The van der Waals surface area contributed by atoms with Gasteiger partial charge in [-0.15, -0.1) is 0 Å². The van der Waals surface area contributed by atoms with Gasteiger partial charge >= 0.3 is 11.9 Å². The molecule has 1 aliphatic heterocycles. The minimum absolute atomic E-state index is 0.0745. The van der Waals surface area contributed by atoms with Gasteiger partial charge in [0.15, 0.2) is 0 Å². The Bertz CT molecular complexity index is 628. The summed E-state index contributed by atoms with van der Waals surface area (Å²) in [7, 11) is 0. The van der Waals surface area contributed by atoms with Crippen LogP contribution in [0.5, 0.6) is 0 Å². The van der Waals surface area contributed by atoms with E-state index in [4.69, 9.17) is 9.47 Å². The van der Waals surface area contributed by atoms with Crippen LogP contribution in [0.3, 0.4) is 0 Å². The lowest BCUT2D eigenvalue weighted by Crippen LogP contribution is -2.50. The van der Waals surface area contributed by atoms with Gasteiger partial charge in [-0.1, -0.05) is 12.1 Å². The van der Waals surface area contributed by atoms with Crippen molar-refractivity contribution in [1.82, 2.24) is 0 Å². The molecule has 0 amide bonds. The molecule has 1 aromatic carbocycles. The third-order valence-corrected chi connectivity index (χ3v) is 3.25. The summed E-state index contributed by atoms with van der Waals surface area (Å²) in [6.45, 7) is 2.86. The number of cyclic esters (lactones) is 2. The van der Waals surface area contributed by atoms with Crippen molar-refractivity contribution in [2.45, 2.75) is 25.0 Å². The Morgan fingerprint density at radius 2 is 1.74 bits per heavy atom. The van der Waals surface area contributed by atoms with Crippen LogP contribution in [0.2, 0.25) is 0 Å². The Labute approximate surface area is 107 Å². The van der Waals surface area contributed by atoms with Crippen LogP contribution in [-0.2, 0) is 24.5 Å². The smallest absolute Gasteiger partial charge is 0.336 e. The maximum atomic E-state index is 12.1. The molecular formula is C12H9NO6. The molecular weight excluding hydrogens is 254 g/mol. The largest absolute Gasteiger partial charge is 0.422 e. The summed E-state index contributed by atoms with van der Waals surface area (Å²) >= 11 is 0. The molecule has 0 N–H and O–H groups in total. The third kappa shape index (κ3) is 1.26. The second kappa shape index (κ2) is 3.11. The molecule has 0 unspecified atom stereocenters. The highest BCUT2D eigenvalue weighted by Gasteiger charge is 2.72. The Morgan fingerprint density at radius 1 is 1.16 bits per heavy atom. The monoisotopic (exact) mass is 263 g/mol. The maximum Gasteiger partial charge on any atom is 0.336 e. The van der Waals surface area contributed by atoms with Crippen LogP contribution in [0.15, 0.2) is 18.2 Å². The summed E-state index contributed by atoms with van der Waals surface area (Å²) in [5.41, 5.74) is -1.65. The molecule has 98 valence electrons. The molecule has 0 radical (unpaired) electrons. The van der Waals surface area contributed by atoms with E-state index in [2.05, 4.69) is 0 Å². The Morgan fingerprint density at radius 3 is 2.26 bits per heavy atom. The van der Waals surface area contributed by atoms with Crippen LogP contribution in [0.1, 0.15) is 25.0 Å². The van der Waals surface area contributed by atoms with Crippen LogP contribution >= 0.6 is 0 Å². The lowest BCUT2D eigenvalue weighted by atomic mass is 10.00. The van der Waals surface area contributed by atoms with Gasteiger partial charge in [-0.25, -0.2) is 9.59 Å². The van der Waals surface area contributed by atoms with Gasteiger partial charge in [0.25, 0.3) is 11.5 Å². The SMILES string of the molecule is CC1(C)OC(=O)C2(C(=O)O1)c1cccc([N+](=O)[O-])c12.